The minimum absolute atomic E-state index is 0.219. The number of halogens is 1. The number of unbranched alkanes of at least 4 members (excludes halogenated alkanes) is 3. The lowest BCUT2D eigenvalue weighted by atomic mass is 10.1. The molecular weight excluding hydrogens is 542 g/mol. The van der Waals surface area contributed by atoms with Gasteiger partial charge in [0, 0.05) is 28.9 Å². The molecule has 2 N–H and O–H groups in total. The Labute approximate surface area is 221 Å². The smallest absolute Gasteiger partial charge is 0.261 e. The summed E-state index contributed by atoms with van der Waals surface area (Å²) >= 11 is 3.45. The second-order valence-corrected chi connectivity index (χ2v) is 10.8. The van der Waals surface area contributed by atoms with Crippen LogP contribution in [-0.2, 0) is 11.0 Å². The molecule has 9 heteroatoms. The van der Waals surface area contributed by atoms with E-state index < -0.39 is 11.0 Å². The molecule has 1 unspecified atom stereocenters. The maximum Gasteiger partial charge on any atom is 0.261 e. The summed E-state index contributed by atoms with van der Waals surface area (Å²) in [5, 5.41) is 0. The molecule has 3 aromatic rings. The number of carbonyl (C=O) groups is 2. The number of rotatable bonds is 11. The van der Waals surface area contributed by atoms with Crippen LogP contribution < -0.4 is 14.8 Å². The summed E-state index contributed by atoms with van der Waals surface area (Å²) in [6.45, 7) is 0.953. The first-order valence-electron chi connectivity index (χ1n) is 11.7. The molecule has 3 aromatic carbocycles. The third-order valence-electron chi connectivity index (χ3n) is 6.06. The van der Waals surface area contributed by atoms with Crippen molar-refractivity contribution in [1.82, 2.24) is 4.90 Å². The molecule has 36 heavy (non-hydrogen) atoms. The van der Waals surface area contributed by atoms with Gasteiger partial charge in [-0.25, -0.2) is 4.21 Å². The van der Waals surface area contributed by atoms with Crippen molar-refractivity contribution < 1.29 is 18.5 Å². The highest BCUT2D eigenvalue weighted by molar-refractivity contribution is 9.10. The zero-order valence-corrected chi connectivity index (χ0v) is 22.4. The maximum absolute atomic E-state index is 13.6. The Bertz CT molecular complexity index is 1250. The summed E-state index contributed by atoms with van der Waals surface area (Å²) in [6.07, 6.45) is 3.21. The number of fused-ring (bicyclic) bond motifs is 1. The maximum atomic E-state index is 13.6. The van der Waals surface area contributed by atoms with Gasteiger partial charge in [0.1, 0.15) is 10.6 Å². The molecule has 4 rings (SSSR count). The van der Waals surface area contributed by atoms with Crippen molar-refractivity contribution in [2.45, 2.75) is 30.6 Å². The molecule has 1 atom stereocenters. The van der Waals surface area contributed by atoms with Gasteiger partial charge in [0.25, 0.3) is 11.8 Å². The average Bonchev–Trinajstić information content (AvgIpc) is 3.13. The summed E-state index contributed by atoms with van der Waals surface area (Å²) in [5.74, 6) is 0.0811. The van der Waals surface area contributed by atoms with Gasteiger partial charge in [-0.3, -0.25) is 18.8 Å². The van der Waals surface area contributed by atoms with Crippen LogP contribution in [-0.4, -0.2) is 41.1 Å². The molecule has 1 heterocycles. The number of ether oxygens (including phenoxy) is 1. The Morgan fingerprint density at radius 1 is 0.917 bits per heavy atom. The van der Waals surface area contributed by atoms with Crippen LogP contribution in [0.5, 0.6) is 5.75 Å². The van der Waals surface area contributed by atoms with E-state index in [0.717, 1.165) is 35.8 Å². The van der Waals surface area contributed by atoms with Crippen LogP contribution in [0, 0.1) is 0 Å². The molecule has 0 saturated heterocycles. The van der Waals surface area contributed by atoms with E-state index in [9.17, 15) is 13.8 Å². The number of nitrogen functional groups attached to an aromatic ring is 1. The van der Waals surface area contributed by atoms with Gasteiger partial charge in [-0.05, 0) is 67.4 Å². The fraction of sp³-hybridized carbons (Fsp3) is 0.259. The van der Waals surface area contributed by atoms with Crippen LogP contribution in [0.25, 0.3) is 0 Å². The number of carbonyl (C=O) groups excluding carboxylic acids is 2. The quantitative estimate of drug-likeness (QED) is 0.189. The van der Waals surface area contributed by atoms with Gasteiger partial charge < -0.3 is 10.5 Å². The molecule has 0 bridgehead atoms. The van der Waals surface area contributed by atoms with Gasteiger partial charge >= 0.3 is 0 Å². The average molecular weight is 571 g/mol. The lowest BCUT2D eigenvalue weighted by molar-refractivity contribution is 0.0651. The van der Waals surface area contributed by atoms with Crippen molar-refractivity contribution in [1.29, 1.82) is 0 Å². The first-order chi connectivity index (χ1) is 17.4. The van der Waals surface area contributed by atoms with Crippen molar-refractivity contribution in [3.63, 3.8) is 0 Å². The fourth-order valence-corrected chi connectivity index (χ4v) is 5.85. The van der Waals surface area contributed by atoms with Crippen molar-refractivity contribution in [3.8, 4) is 5.75 Å². The summed E-state index contributed by atoms with van der Waals surface area (Å²) in [7, 11) is 0.0198. The number of imide groups is 1. The topological polar surface area (TPSA) is 92.9 Å². The molecule has 2 amide bonds. The minimum atomic E-state index is -1.53. The van der Waals surface area contributed by atoms with Gasteiger partial charge in [0.2, 0.25) is 0 Å². The molecule has 0 aromatic heterocycles. The summed E-state index contributed by atoms with van der Waals surface area (Å²) in [6, 6.07) is 19.7. The first kappa shape index (κ1) is 25.9. The number of anilines is 2. The number of nitrogens with two attached hydrogens (primary N) is 1. The van der Waals surface area contributed by atoms with E-state index in [2.05, 4.69) is 15.9 Å². The Kier molecular flexibility index (Phi) is 8.43. The number of hydrogen-bond acceptors (Lipinski definition) is 5. The number of benzene rings is 3. The van der Waals surface area contributed by atoms with Crippen LogP contribution >= 0.6 is 15.9 Å². The third-order valence-corrected chi connectivity index (χ3v) is 8.08. The van der Waals surface area contributed by atoms with Crippen molar-refractivity contribution in [2.24, 2.45) is 0 Å². The second kappa shape index (κ2) is 11.7. The summed E-state index contributed by atoms with van der Waals surface area (Å²) in [4.78, 5) is 26.9. The molecule has 188 valence electrons. The Morgan fingerprint density at radius 2 is 1.56 bits per heavy atom. The highest BCUT2D eigenvalue weighted by atomic mass is 79.9. The van der Waals surface area contributed by atoms with Gasteiger partial charge in [-0.1, -0.05) is 40.9 Å². The third kappa shape index (κ3) is 5.63. The van der Waals surface area contributed by atoms with Crippen molar-refractivity contribution in [2.75, 3.05) is 30.2 Å². The van der Waals surface area contributed by atoms with Gasteiger partial charge in [-0.2, -0.15) is 0 Å². The monoisotopic (exact) mass is 569 g/mol. The zero-order chi connectivity index (χ0) is 25.7. The predicted octanol–water partition coefficient (Wildman–Crippen LogP) is 5.43. The predicted molar refractivity (Wildman–Crippen MR) is 146 cm³/mol. The van der Waals surface area contributed by atoms with E-state index >= 15 is 0 Å². The van der Waals surface area contributed by atoms with Gasteiger partial charge in [0.05, 0.1) is 18.2 Å². The summed E-state index contributed by atoms with van der Waals surface area (Å²) < 4.78 is 21.9. The van der Waals surface area contributed by atoms with Crippen LogP contribution in [0.2, 0.25) is 0 Å². The molecule has 1 aliphatic rings. The first-order valence-corrected chi connectivity index (χ1v) is 13.6. The van der Waals surface area contributed by atoms with Crippen LogP contribution in [0.4, 0.5) is 11.4 Å². The van der Waals surface area contributed by atoms with E-state index in [1.165, 1.54) is 4.90 Å². The fourth-order valence-electron chi connectivity index (χ4n) is 4.18. The second-order valence-electron chi connectivity index (χ2n) is 8.46. The minimum Gasteiger partial charge on any atom is -0.495 e. The summed E-state index contributed by atoms with van der Waals surface area (Å²) in [5.41, 5.74) is 8.27. The van der Waals surface area contributed by atoms with Crippen LogP contribution in [0.15, 0.2) is 76.1 Å². The van der Waals surface area contributed by atoms with E-state index in [0.29, 0.717) is 40.5 Å². The van der Waals surface area contributed by atoms with Crippen molar-refractivity contribution in [3.05, 3.63) is 82.3 Å². The molecule has 0 spiro atoms. The van der Waals surface area contributed by atoms with Gasteiger partial charge in [-0.15, -0.1) is 0 Å². The largest absolute Gasteiger partial charge is 0.495 e. The molecule has 0 saturated carbocycles. The molecule has 7 nitrogen and oxygen atoms in total. The highest BCUT2D eigenvalue weighted by Gasteiger charge is 2.34. The molecular formula is C27H28BrN3O4S. The Morgan fingerprint density at radius 3 is 2.19 bits per heavy atom. The zero-order valence-electron chi connectivity index (χ0n) is 20.0. The van der Waals surface area contributed by atoms with E-state index in [1.54, 1.807) is 49.6 Å². The van der Waals surface area contributed by atoms with Gasteiger partial charge in [0.15, 0.2) is 11.0 Å². The van der Waals surface area contributed by atoms with Crippen LogP contribution in [0.1, 0.15) is 46.4 Å². The number of amides is 2. The Balaban J connectivity index is 1.36. The highest BCUT2D eigenvalue weighted by Crippen LogP contribution is 2.30. The number of nitrogens with zero attached hydrogens (tertiary/aromatic N) is 2. The van der Waals surface area contributed by atoms with Crippen LogP contribution in [0.3, 0.4) is 0 Å². The molecule has 0 fully saturated rings. The van der Waals surface area contributed by atoms with E-state index in [4.69, 9.17) is 10.5 Å². The lowest BCUT2D eigenvalue weighted by Crippen LogP contribution is -2.30. The lowest BCUT2D eigenvalue weighted by Gasteiger charge is -2.25. The molecule has 1 aliphatic heterocycles. The molecule has 0 aliphatic carbocycles. The SMILES string of the molecule is COc1ccc(N)cc1S(=O)N(CCCCCCN1C(=O)c2ccccc2C1=O)c1ccc(Br)cc1. The van der Waals surface area contributed by atoms with Crippen molar-refractivity contribution >= 4 is 50.1 Å². The Hall–Kier alpha value is -3.17. The normalized spacial score (nSPS) is 13.6. The number of methoxy groups -OCH3 is 1. The van der Waals surface area contributed by atoms with E-state index in [-0.39, 0.29) is 11.8 Å². The van der Waals surface area contributed by atoms with E-state index in [1.807, 2.05) is 28.6 Å². The standard InChI is InChI=1S/C27H28BrN3O4S/c1-35-24-15-12-20(29)18-25(24)36(34)31(21-13-10-19(28)11-14-21)17-7-3-2-6-16-30-26(32)22-8-4-5-9-23(22)27(30)33/h4-5,8-15,18H,2-3,6-7,16-17,29H2,1H3. The molecule has 0 radical (unpaired) electrons. The number of hydrogen-bond donors (Lipinski definition) is 1.